The van der Waals surface area contributed by atoms with Crippen LogP contribution in [0.2, 0.25) is 0 Å². The normalized spacial score (nSPS) is 15.6. The third-order valence-corrected chi connectivity index (χ3v) is 5.20. The number of nitrogens with zero attached hydrogens (tertiary/aromatic N) is 1. The van der Waals surface area contributed by atoms with E-state index in [1.54, 1.807) is 0 Å². The topological polar surface area (TPSA) is 133 Å². The van der Waals surface area contributed by atoms with Crippen LogP contribution in [0.25, 0.3) is 0 Å². The van der Waals surface area contributed by atoms with Gasteiger partial charge in [0.15, 0.2) is 0 Å². The van der Waals surface area contributed by atoms with Gasteiger partial charge in [-0.05, 0) is 18.2 Å². The Bertz CT molecular complexity index is 762. The van der Waals surface area contributed by atoms with E-state index in [1.807, 2.05) is 0 Å². The number of benzene rings is 1. The number of carboxylic acid groups (broad SMARTS) is 1. The molecule has 3 N–H and O–H groups in total. The van der Waals surface area contributed by atoms with E-state index in [4.69, 9.17) is 5.11 Å². The summed E-state index contributed by atoms with van der Waals surface area (Å²) in [6.45, 7) is 0.0609. The minimum absolute atomic E-state index is 0.0581. The molecule has 1 saturated heterocycles. The first-order chi connectivity index (χ1) is 11.3. The average Bonchev–Trinajstić information content (AvgIpc) is 2.54. The van der Waals surface area contributed by atoms with E-state index in [0.717, 1.165) is 4.31 Å². The van der Waals surface area contributed by atoms with Crippen molar-refractivity contribution >= 4 is 27.8 Å². The summed E-state index contributed by atoms with van der Waals surface area (Å²) in [5.41, 5.74) is 0.0999. The standard InChI is InChI=1S/C14H17N3O6S/c18-12-9-17(7-6-15-12)24(22,23)11-3-1-2-10(8-11)14(21)16-5-4-13(19)20/h1-3,8H,4-7,9H2,(H,15,18)(H,16,21)(H,19,20). The predicted molar refractivity (Wildman–Crippen MR) is 82.8 cm³/mol. The molecule has 1 aromatic rings. The molecule has 1 heterocycles. The van der Waals surface area contributed by atoms with Crippen LogP contribution in [0.1, 0.15) is 16.8 Å². The van der Waals surface area contributed by atoms with Crippen molar-refractivity contribution in [1.82, 2.24) is 14.9 Å². The van der Waals surface area contributed by atoms with Gasteiger partial charge in [0.25, 0.3) is 5.91 Å². The molecule has 1 aliphatic rings. The fourth-order valence-corrected chi connectivity index (χ4v) is 3.60. The Morgan fingerprint density at radius 2 is 2.08 bits per heavy atom. The second-order valence-electron chi connectivity index (χ2n) is 5.12. The molecule has 10 heteroatoms. The number of rotatable bonds is 6. The summed E-state index contributed by atoms with van der Waals surface area (Å²) >= 11 is 0. The van der Waals surface area contributed by atoms with E-state index in [1.165, 1.54) is 24.3 Å². The third kappa shape index (κ3) is 4.30. The molecule has 0 unspecified atom stereocenters. The Hall–Kier alpha value is -2.46. The summed E-state index contributed by atoms with van der Waals surface area (Å²) in [6.07, 6.45) is -0.230. The van der Waals surface area contributed by atoms with Crippen molar-refractivity contribution in [1.29, 1.82) is 0 Å². The largest absolute Gasteiger partial charge is 0.481 e. The highest BCUT2D eigenvalue weighted by Crippen LogP contribution is 2.17. The Morgan fingerprint density at radius 1 is 1.33 bits per heavy atom. The molecule has 2 amide bonds. The third-order valence-electron chi connectivity index (χ3n) is 3.36. The van der Waals surface area contributed by atoms with Crippen molar-refractivity contribution in [2.45, 2.75) is 11.3 Å². The first-order valence-corrected chi connectivity index (χ1v) is 8.61. The molecule has 0 aliphatic carbocycles. The van der Waals surface area contributed by atoms with Crippen LogP contribution >= 0.6 is 0 Å². The van der Waals surface area contributed by atoms with Crippen molar-refractivity contribution < 1.29 is 27.9 Å². The molecular weight excluding hydrogens is 338 g/mol. The number of hydrogen-bond acceptors (Lipinski definition) is 5. The SMILES string of the molecule is O=C(O)CCNC(=O)c1cccc(S(=O)(=O)N2CCNC(=O)C2)c1. The van der Waals surface area contributed by atoms with Crippen molar-refractivity contribution in [3.8, 4) is 0 Å². The van der Waals surface area contributed by atoms with Crippen LogP contribution in [0, 0.1) is 0 Å². The molecule has 0 radical (unpaired) electrons. The fourth-order valence-electron chi connectivity index (χ4n) is 2.15. The Labute approximate surface area is 138 Å². The molecule has 0 atom stereocenters. The van der Waals surface area contributed by atoms with Crippen LogP contribution in [0.15, 0.2) is 29.2 Å². The maximum Gasteiger partial charge on any atom is 0.305 e. The minimum atomic E-state index is -3.89. The van der Waals surface area contributed by atoms with Gasteiger partial charge >= 0.3 is 5.97 Å². The Morgan fingerprint density at radius 3 is 2.75 bits per heavy atom. The van der Waals surface area contributed by atoms with Gasteiger partial charge in [0, 0.05) is 25.2 Å². The first kappa shape index (κ1) is 17.9. The highest BCUT2D eigenvalue weighted by molar-refractivity contribution is 7.89. The van der Waals surface area contributed by atoms with Gasteiger partial charge in [0.2, 0.25) is 15.9 Å². The molecule has 0 spiro atoms. The molecule has 0 bridgehead atoms. The van der Waals surface area contributed by atoms with E-state index < -0.39 is 21.9 Å². The van der Waals surface area contributed by atoms with Crippen LogP contribution in [-0.2, 0) is 19.6 Å². The second-order valence-corrected chi connectivity index (χ2v) is 7.05. The summed E-state index contributed by atoms with van der Waals surface area (Å²) in [5, 5.41) is 13.5. The predicted octanol–water partition coefficient (Wildman–Crippen LogP) is -0.988. The zero-order valence-electron chi connectivity index (χ0n) is 12.7. The molecule has 1 aliphatic heterocycles. The highest BCUT2D eigenvalue weighted by Gasteiger charge is 2.29. The van der Waals surface area contributed by atoms with Crippen molar-refractivity contribution in [2.75, 3.05) is 26.2 Å². The van der Waals surface area contributed by atoms with Crippen LogP contribution in [0.4, 0.5) is 0 Å². The van der Waals surface area contributed by atoms with E-state index >= 15 is 0 Å². The van der Waals surface area contributed by atoms with Crippen LogP contribution in [0.5, 0.6) is 0 Å². The second kappa shape index (κ2) is 7.41. The van der Waals surface area contributed by atoms with Crippen molar-refractivity contribution in [3.63, 3.8) is 0 Å². The lowest BCUT2D eigenvalue weighted by Crippen LogP contribution is -2.49. The maximum absolute atomic E-state index is 12.5. The monoisotopic (exact) mass is 355 g/mol. The smallest absolute Gasteiger partial charge is 0.305 e. The molecule has 9 nitrogen and oxygen atoms in total. The summed E-state index contributed by atoms with van der Waals surface area (Å²) in [4.78, 5) is 33.7. The van der Waals surface area contributed by atoms with Crippen molar-refractivity contribution in [2.24, 2.45) is 0 Å². The lowest BCUT2D eigenvalue weighted by atomic mass is 10.2. The van der Waals surface area contributed by atoms with Gasteiger partial charge < -0.3 is 15.7 Å². The number of piperazine rings is 1. The number of amides is 2. The summed E-state index contributed by atoms with van der Waals surface area (Å²) in [5.74, 6) is -1.99. The van der Waals surface area contributed by atoms with E-state index in [0.29, 0.717) is 0 Å². The maximum atomic E-state index is 12.5. The molecule has 0 aromatic heterocycles. The van der Waals surface area contributed by atoms with Gasteiger partial charge in [0.05, 0.1) is 17.9 Å². The summed E-state index contributed by atoms with van der Waals surface area (Å²) in [7, 11) is -3.89. The van der Waals surface area contributed by atoms with Crippen LogP contribution in [0.3, 0.4) is 0 Å². The Kier molecular flexibility index (Phi) is 5.52. The van der Waals surface area contributed by atoms with Crippen LogP contribution < -0.4 is 10.6 Å². The number of carbonyl (C=O) groups excluding carboxylic acids is 2. The average molecular weight is 355 g/mol. The summed E-state index contributed by atoms with van der Waals surface area (Å²) < 4.78 is 26.1. The quantitative estimate of drug-likeness (QED) is 0.600. The van der Waals surface area contributed by atoms with E-state index in [2.05, 4.69) is 10.6 Å². The lowest BCUT2D eigenvalue weighted by Gasteiger charge is -2.26. The van der Waals surface area contributed by atoms with Crippen molar-refractivity contribution in [3.05, 3.63) is 29.8 Å². The summed E-state index contributed by atoms with van der Waals surface area (Å²) in [6, 6.07) is 5.40. The van der Waals surface area contributed by atoms with Gasteiger partial charge in [-0.15, -0.1) is 0 Å². The van der Waals surface area contributed by atoms with E-state index in [-0.39, 0.29) is 49.0 Å². The van der Waals surface area contributed by atoms with Gasteiger partial charge in [-0.3, -0.25) is 14.4 Å². The number of sulfonamides is 1. The zero-order chi connectivity index (χ0) is 17.7. The van der Waals surface area contributed by atoms with Gasteiger partial charge in [-0.2, -0.15) is 4.31 Å². The molecular formula is C14H17N3O6S. The van der Waals surface area contributed by atoms with E-state index in [9.17, 15) is 22.8 Å². The molecule has 0 saturated carbocycles. The zero-order valence-corrected chi connectivity index (χ0v) is 13.5. The van der Waals surface area contributed by atoms with Gasteiger partial charge in [-0.1, -0.05) is 6.07 Å². The number of nitrogens with one attached hydrogen (secondary N) is 2. The number of carboxylic acids is 1. The molecule has 130 valence electrons. The Balaban J connectivity index is 2.15. The number of carbonyl (C=O) groups is 3. The van der Waals surface area contributed by atoms with Crippen LogP contribution in [-0.4, -0.2) is 61.8 Å². The first-order valence-electron chi connectivity index (χ1n) is 7.17. The number of aliphatic carboxylic acids is 1. The molecule has 1 aromatic carbocycles. The fraction of sp³-hybridized carbons (Fsp3) is 0.357. The number of hydrogen-bond donors (Lipinski definition) is 3. The molecule has 1 fully saturated rings. The van der Waals surface area contributed by atoms with Gasteiger partial charge in [-0.25, -0.2) is 8.42 Å². The lowest BCUT2D eigenvalue weighted by molar-refractivity contribution is -0.136. The molecule has 24 heavy (non-hydrogen) atoms. The molecule has 2 rings (SSSR count). The van der Waals surface area contributed by atoms with Gasteiger partial charge in [0.1, 0.15) is 0 Å². The highest BCUT2D eigenvalue weighted by atomic mass is 32.2. The minimum Gasteiger partial charge on any atom is -0.481 e.